The first-order chi connectivity index (χ1) is 12.5. The van der Waals surface area contributed by atoms with Crippen molar-refractivity contribution >= 4 is 17.8 Å². The summed E-state index contributed by atoms with van der Waals surface area (Å²) in [4.78, 5) is 22.2. The Morgan fingerprint density at radius 1 is 1.38 bits per heavy atom. The number of hydrazone groups is 1. The highest BCUT2D eigenvalue weighted by atomic mass is 16.6. The van der Waals surface area contributed by atoms with Crippen LogP contribution in [0.2, 0.25) is 0 Å². The van der Waals surface area contributed by atoms with Crippen molar-refractivity contribution in [3.05, 3.63) is 63.7 Å². The number of nitrogens with zero attached hydrogens (tertiary/aromatic N) is 2. The SMILES string of the molecule is C#CCOc1ccc(OC)cc1/C=N/NC(=O)c1cccc([N+](=O)[O-])c1. The minimum atomic E-state index is -0.584. The average Bonchev–Trinajstić information content (AvgIpc) is 2.66. The fourth-order valence-corrected chi connectivity index (χ4v) is 1.99. The molecule has 0 spiro atoms. The van der Waals surface area contributed by atoms with Crippen molar-refractivity contribution in [3.8, 4) is 23.8 Å². The number of carbonyl (C=O) groups is 1. The quantitative estimate of drug-likeness (QED) is 0.356. The zero-order chi connectivity index (χ0) is 18.9. The number of rotatable bonds is 7. The molecule has 0 aliphatic rings. The van der Waals surface area contributed by atoms with Crippen LogP contribution in [0.5, 0.6) is 11.5 Å². The monoisotopic (exact) mass is 353 g/mol. The van der Waals surface area contributed by atoms with E-state index in [0.29, 0.717) is 17.1 Å². The maximum absolute atomic E-state index is 12.1. The number of non-ortho nitro benzene ring substituents is 1. The third-order valence-electron chi connectivity index (χ3n) is 3.22. The number of carbonyl (C=O) groups excluding carboxylic acids is 1. The van der Waals surface area contributed by atoms with Crippen LogP contribution >= 0.6 is 0 Å². The average molecular weight is 353 g/mol. The maximum Gasteiger partial charge on any atom is 0.271 e. The van der Waals surface area contributed by atoms with E-state index in [9.17, 15) is 14.9 Å². The van der Waals surface area contributed by atoms with Crippen LogP contribution in [0.4, 0.5) is 5.69 Å². The Balaban J connectivity index is 2.14. The Hall–Kier alpha value is -3.86. The van der Waals surface area contributed by atoms with Crippen LogP contribution in [-0.2, 0) is 0 Å². The standard InChI is InChI=1S/C18H15N3O5/c1-3-9-26-17-8-7-16(25-2)11-14(17)12-19-20-18(22)13-5-4-6-15(10-13)21(23)24/h1,4-8,10-12H,9H2,2H3,(H,20,22)/b19-12+. The molecule has 1 amide bonds. The maximum atomic E-state index is 12.1. The lowest BCUT2D eigenvalue weighted by Gasteiger charge is -2.08. The second kappa shape index (κ2) is 8.84. The molecule has 8 heteroatoms. The van der Waals surface area contributed by atoms with Crippen molar-refractivity contribution < 1.29 is 19.2 Å². The van der Waals surface area contributed by atoms with Gasteiger partial charge in [0.15, 0.2) is 0 Å². The molecule has 0 atom stereocenters. The molecule has 0 unspecified atom stereocenters. The van der Waals surface area contributed by atoms with Crippen LogP contribution in [-0.4, -0.2) is 30.8 Å². The summed E-state index contributed by atoms with van der Waals surface area (Å²) in [5, 5.41) is 14.6. The first-order valence-electron chi connectivity index (χ1n) is 7.37. The summed E-state index contributed by atoms with van der Waals surface area (Å²) in [6.45, 7) is 0.0766. The number of benzene rings is 2. The van der Waals surface area contributed by atoms with E-state index in [1.807, 2.05) is 0 Å². The lowest BCUT2D eigenvalue weighted by Crippen LogP contribution is -2.17. The van der Waals surface area contributed by atoms with Gasteiger partial charge >= 0.3 is 0 Å². The lowest BCUT2D eigenvalue weighted by molar-refractivity contribution is -0.384. The number of methoxy groups -OCH3 is 1. The highest BCUT2D eigenvalue weighted by molar-refractivity contribution is 5.95. The number of nitro groups is 1. The van der Waals surface area contributed by atoms with Crippen LogP contribution in [0.25, 0.3) is 0 Å². The Morgan fingerprint density at radius 2 is 2.19 bits per heavy atom. The molecule has 2 rings (SSSR count). The lowest BCUT2D eigenvalue weighted by atomic mass is 10.2. The number of terminal acetylenes is 1. The van der Waals surface area contributed by atoms with Gasteiger partial charge in [0.1, 0.15) is 18.1 Å². The number of nitro benzene ring substituents is 1. The van der Waals surface area contributed by atoms with E-state index in [0.717, 1.165) is 6.07 Å². The molecule has 132 valence electrons. The summed E-state index contributed by atoms with van der Waals surface area (Å²) < 4.78 is 10.5. The summed E-state index contributed by atoms with van der Waals surface area (Å²) in [6.07, 6.45) is 6.55. The van der Waals surface area contributed by atoms with Gasteiger partial charge < -0.3 is 9.47 Å². The van der Waals surface area contributed by atoms with Gasteiger partial charge in [-0.3, -0.25) is 14.9 Å². The summed E-state index contributed by atoms with van der Waals surface area (Å²) >= 11 is 0. The molecule has 2 aromatic carbocycles. The van der Waals surface area contributed by atoms with E-state index in [4.69, 9.17) is 15.9 Å². The third kappa shape index (κ3) is 4.82. The highest BCUT2D eigenvalue weighted by Crippen LogP contribution is 2.22. The number of amides is 1. The fourth-order valence-electron chi connectivity index (χ4n) is 1.99. The normalized spacial score (nSPS) is 10.2. The van der Waals surface area contributed by atoms with E-state index in [2.05, 4.69) is 16.4 Å². The first-order valence-corrected chi connectivity index (χ1v) is 7.37. The third-order valence-corrected chi connectivity index (χ3v) is 3.22. The van der Waals surface area contributed by atoms with Gasteiger partial charge in [-0.15, -0.1) is 6.42 Å². The van der Waals surface area contributed by atoms with Crippen molar-refractivity contribution in [2.75, 3.05) is 13.7 Å². The predicted octanol–water partition coefficient (Wildman–Crippen LogP) is 2.38. The van der Waals surface area contributed by atoms with Gasteiger partial charge in [-0.05, 0) is 24.3 Å². The molecular weight excluding hydrogens is 338 g/mol. The van der Waals surface area contributed by atoms with Gasteiger partial charge in [0, 0.05) is 23.3 Å². The van der Waals surface area contributed by atoms with E-state index in [-0.39, 0.29) is 17.9 Å². The van der Waals surface area contributed by atoms with Gasteiger partial charge in [0.2, 0.25) is 0 Å². The first kappa shape index (κ1) is 18.5. The topological polar surface area (TPSA) is 103 Å². The molecule has 8 nitrogen and oxygen atoms in total. The van der Waals surface area contributed by atoms with Gasteiger partial charge in [-0.2, -0.15) is 5.10 Å². The largest absolute Gasteiger partial charge is 0.497 e. The van der Waals surface area contributed by atoms with Crippen molar-refractivity contribution in [1.82, 2.24) is 5.43 Å². The zero-order valence-electron chi connectivity index (χ0n) is 13.8. The number of hydrogen-bond acceptors (Lipinski definition) is 6. The van der Waals surface area contributed by atoms with Gasteiger partial charge in [0.25, 0.3) is 11.6 Å². The summed E-state index contributed by atoms with van der Waals surface area (Å²) in [7, 11) is 1.52. The van der Waals surface area contributed by atoms with Gasteiger partial charge in [0.05, 0.1) is 18.2 Å². The molecule has 0 bridgehead atoms. The summed E-state index contributed by atoms with van der Waals surface area (Å²) in [6, 6.07) is 10.4. The van der Waals surface area contributed by atoms with E-state index >= 15 is 0 Å². The molecule has 0 heterocycles. The number of nitrogens with one attached hydrogen (secondary N) is 1. The minimum Gasteiger partial charge on any atom is -0.497 e. The Labute approximate surface area is 149 Å². The molecule has 0 aromatic heterocycles. The Morgan fingerprint density at radius 3 is 2.88 bits per heavy atom. The molecule has 26 heavy (non-hydrogen) atoms. The van der Waals surface area contributed by atoms with E-state index < -0.39 is 10.8 Å². The summed E-state index contributed by atoms with van der Waals surface area (Å²) in [5.74, 6) is 2.82. The minimum absolute atomic E-state index is 0.0766. The fraction of sp³-hybridized carbons (Fsp3) is 0.111. The van der Waals surface area contributed by atoms with E-state index in [1.165, 1.54) is 31.5 Å². The smallest absolute Gasteiger partial charge is 0.271 e. The molecule has 0 aliphatic heterocycles. The van der Waals surface area contributed by atoms with Crippen LogP contribution in [0.1, 0.15) is 15.9 Å². The zero-order valence-corrected chi connectivity index (χ0v) is 13.8. The Kier molecular flexibility index (Phi) is 6.28. The molecule has 2 aromatic rings. The van der Waals surface area contributed by atoms with Crippen LogP contribution in [0.15, 0.2) is 47.6 Å². The van der Waals surface area contributed by atoms with Crippen LogP contribution in [0, 0.1) is 22.5 Å². The van der Waals surface area contributed by atoms with Crippen LogP contribution < -0.4 is 14.9 Å². The molecule has 0 saturated heterocycles. The summed E-state index contributed by atoms with van der Waals surface area (Å²) in [5.41, 5.74) is 2.78. The highest BCUT2D eigenvalue weighted by Gasteiger charge is 2.11. The molecule has 0 saturated carbocycles. The molecule has 1 N–H and O–H groups in total. The molecule has 0 aliphatic carbocycles. The molecule has 0 radical (unpaired) electrons. The predicted molar refractivity (Wildman–Crippen MR) is 95.5 cm³/mol. The second-order valence-electron chi connectivity index (χ2n) is 4.90. The van der Waals surface area contributed by atoms with Crippen molar-refractivity contribution in [3.63, 3.8) is 0 Å². The van der Waals surface area contributed by atoms with Gasteiger partial charge in [-0.1, -0.05) is 12.0 Å². The van der Waals surface area contributed by atoms with Crippen LogP contribution in [0.3, 0.4) is 0 Å². The number of hydrogen-bond donors (Lipinski definition) is 1. The molecular formula is C18H15N3O5. The van der Waals surface area contributed by atoms with Crippen molar-refractivity contribution in [2.24, 2.45) is 5.10 Å². The van der Waals surface area contributed by atoms with Gasteiger partial charge in [-0.25, -0.2) is 5.43 Å². The van der Waals surface area contributed by atoms with Crippen molar-refractivity contribution in [2.45, 2.75) is 0 Å². The van der Waals surface area contributed by atoms with E-state index in [1.54, 1.807) is 18.2 Å². The Bertz CT molecular complexity index is 887. The number of ether oxygens (including phenoxy) is 2. The second-order valence-corrected chi connectivity index (χ2v) is 4.90. The molecule has 0 fully saturated rings. The van der Waals surface area contributed by atoms with Crippen molar-refractivity contribution in [1.29, 1.82) is 0 Å².